The second-order valence-electron chi connectivity index (χ2n) is 20.4. The number of halogens is 10. The normalized spacial score (nSPS) is 19.8. The van der Waals surface area contributed by atoms with E-state index < -0.39 is 120 Å². The van der Waals surface area contributed by atoms with E-state index in [4.69, 9.17) is 50.1 Å². The van der Waals surface area contributed by atoms with Gasteiger partial charge < -0.3 is 50.2 Å². The number of carbonyl (C=O) groups excluding carboxylic acids is 3. The number of hydrogen-bond donors (Lipinski definition) is 2. The molecular formula is C63H41ClF9K2N3O20. The molecule has 13 rings (SSSR count). The Kier molecular flexibility index (Phi) is 24.0. The van der Waals surface area contributed by atoms with Crippen molar-refractivity contribution in [3.05, 3.63) is 273 Å². The van der Waals surface area contributed by atoms with Gasteiger partial charge in [0.1, 0.15) is 46.4 Å². The number of nitrogens with zero attached hydrogens (tertiary/aromatic N) is 3. The minimum absolute atomic E-state index is 0. The van der Waals surface area contributed by atoms with Gasteiger partial charge in [0.25, 0.3) is 11.6 Å². The SMILES string of the molecule is C.O=C1OC2(c3ccc(O)cc3OC3=CC(O)C=CC32)c2ccccc21.O=C1OC2(c3ccc(Oc4ccc(C(F)(F)F)cc4[N+](=O)[O-])cc3OC3=CC(Oc4ccc(C(F)(F)F)cc4[N+](=O)[O-])C=CC32)c2ccccc21.O=CO[O-].O=[N+]([O-])Oc1cc(C(F)(F)F)ccc1Cl.[H-].[K+].[K+]. The van der Waals surface area contributed by atoms with E-state index in [9.17, 15) is 89.7 Å². The van der Waals surface area contributed by atoms with Crippen molar-refractivity contribution < 1.29 is 227 Å². The number of phenols is 1. The summed E-state index contributed by atoms with van der Waals surface area (Å²) in [6.45, 7) is -0.181. The number of aliphatic hydroxyl groups is 1. The number of nitro groups is 2. The zero-order valence-electron chi connectivity index (χ0n) is 50.0. The number of carbonyl (C=O) groups is 3. The quantitative estimate of drug-likeness (QED) is 0.0208. The Hall–Kier alpha value is -8.24. The largest absolute Gasteiger partial charge is 1.00 e. The van der Waals surface area contributed by atoms with Gasteiger partial charge in [-0.15, -0.1) is 10.1 Å². The summed E-state index contributed by atoms with van der Waals surface area (Å²) in [7, 11) is 0. The van der Waals surface area contributed by atoms with E-state index in [0.717, 1.165) is 23.8 Å². The number of aliphatic hydroxyl groups excluding tert-OH is 1. The number of nitro benzene ring substituents is 2. The van der Waals surface area contributed by atoms with E-state index in [1.807, 2.05) is 18.2 Å². The van der Waals surface area contributed by atoms with Crippen LogP contribution in [0.4, 0.5) is 50.9 Å². The maximum atomic E-state index is 13.3. The summed E-state index contributed by atoms with van der Waals surface area (Å²) in [5, 5.41) is 59.9. The third-order valence-corrected chi connectivity index (χ3v) is 15.2. The second-order valence-corrected chi connectivity index (χ2v) is 20.9. The molecule has 0 aromatic heterocycles. The van der Waals surface area contributed by atoms with Gasteiger partial charge in [-0.2, -0.15) is 39.5 Å². The number of aromatic hydroxyl groups is 1. The van der Waals surface area contributed by atoms with Crippen LogP contribution in [-0.2, 0) is 48.9 Å². The minimum atomic E-state index is -4.86. The number of fused-ring (bicyclic) bond motifs is 12. The fourth-order valence-electron chi connectivity index (χ4n) is 11.0. The van der Waals surface area contributed by atoms with E-state index in [0.29, 0.717) is 70.2 Å². The summed E-state index contributed by atoms with van der Waals surface area (Å²) >= 11 is 5.39. The minimum Gasteiger partial charge on any atom is -1.00 e. The van der Waals surface area contributed by atoms with Gasteiger partial charge in [-0.3, -0.25) is 29.9 Å². The predicted octanol–water partition coefficient (Wildman–Crippen LogP) is 7.41. The average molecular weight is 1440 g/mol. The van der Waals surface area contributed by atoms with Crippen LogP contribution < -0.4 is 132 Å². The van der Waals surface area contributed by atoms with E-state index in [2.05, 4.69) is 9.73 Å². The van der Waals surface area contributed by atoms with Gasteiger partial charge in [0.05, 0.1) is 60.6 Å². The summed E-state index contributed by atoms with van der Waals surface area (Å²) < 4.78 is 152. The number of benzene rings is 7. The van der Waals surface area contributed by atoms with Crippen LogP contribution in [0.15, 0.2) is 188 Å². The van der Waals surface area contributed by atoms with Crippen LogP contribution in [0.3, 0.4) is 0 Å². The summed E-state index contributed by atoms with van der Waals surface area (Å²) in [6.07, 6.45) is -6.76. The molecule has 0 radical (unpaired) electrons. The summed E-state index contributed by atoms with van der Waals surface area (Å²) in [5.74, 6) is -3.00. The predicted molar refractivity (Wildman–Crippen MR) is 308 cm³/mol. The molecular weight excluding hydrogens is 1400 g/mol. The van der Waals surface area contributed by atoms with Gasteiger partial charge in [0.15, 0.2) is 17.0 Å². The zero-order valence-corrected chi connectivity index (χ0v) is 56.0. The van der Waals surface area contributed by atoms with Crippen molar-refractivity contribution in [2.75, 3.05) is 0 Å². The molecule has 98 heavy (non-hydrogen) atoms. The van der Waals surface area contributed by atoms with Crippen LogP contribution in [0, 0.1) is 42.2 Å². The standard InChI is InChI=1S/C34H18F6N2O9.C20H14O5.C7H3ClF3NO3.CH2O3.CH4.2K.H/c35-33(36,37)17-5-11-27(25(13-17)41(44)45)48-19-7-9-23-29(15-19)50-30-16-20(49-28-12-6-18(34(38,39)40)14-26(28)42(46)47)8-10-24(30)32(23)22-4-2-1-3-21(22)31(43)51-32;21-11-5-7-15-17(9-11)24-18-10-12(22)6-8-16(18)20(15)14-4-2-1-3-13(14)19(23)25-20;8-5-2-1-4(7(9,10)11)3-6(5)15-12(13)14;2-1-4-3;;;;/h1-16,19,23H;1-11,15,21-22H;1-3H;1,3H;1H4;;;/q;;;;;2*+1;-1/p-1. The Labute approximate surface area is 635 Å². The van der Waals surface area contributed by atoms with Crippen LogP contribution in [0.1, 0.15) is 68.5 Å². The molecule has 23 nitrogen and oxygen atoms in total. The molecule has 500 valence electrons. The smallest absolute Gasteiger partial charge is 1.00 e. The Balaban J connectivity index is 0.000000266. The van der Waals surface area contributed by atoms with E-state index >= 15 is 0 Å². The van der Waals surface area contributed by atoms with Gasteiger partial charge in [0.2, 0.25) is 5.75 Å². The molecule has 2 spiro atoms. The molecule has 0 saturated heterocycles. The van der Waals surface area contributed by atoms with Crippen LogP contribution >= 0.6 is 11.6 Å². The topological polar surface area (TPSA) is 318 Å². The number of ether oxygens (including phenoxy) is 6. The Morgan fingerprint density at radius 3 is 1.54 bits per heavy atom. The van der Waals surface area contributed by atoms with Crippen molar-refractivity contribution >= 4 is 41.4 Å². The molecule has 2 N–H and O–H groups in total. The molecule has 0 amide bonds. The fraction of sp³-hybridized carbons (Fsp3) is 0.159. The number of esters is 2. The molecule has 0 fully saturated rings. The Morgan fingerprint density at radius 1 is 0.571 bits per heavy atom. The van der Waals surface area contributed by atoms with Gasteiger partial charge in [0, 0.05) is 46.5 Å². The van der Waals surface area contributed by atoms with Crippen molar-refractivity contribution in [1.82, 2.24) is 0 Å². The fourth-order valence-corrected chi connectivity index (χ4v) is 11.1. The van der Waals surface area contributed by atoms with E-state index in [1.165, 1.54) is 36.4 Å². The van der Waals surface area contributed by atoms with Crippen molar-refractivity contribution in [3.63, 3.8) is 0 Å². The Morgan fingerprint density at radius 2 is 1.03 bits per heavy atom. The molecule has 35 heteroatoms. The number of phenolic OH excluding ortho intramolecular Hbond substituents is 1. The summed E-state index contributed by atoms with van der Waals surface area (Å²) in [6, 6.07) is 28.2. The first-order valence-corrected chi connectivity index (χ1v) is 27.2. The molecule has 7 aromatic rings. The van der Waals surface area contributed by atoms with Crippen LogP contribution in [0.2, 0.25) is 5.02 Å². The molecule has 4 heterocycles. The first-order chi connectivity index (χ1) is 44.9. The van der Waals surface area contributed by atoms with Crippen LogP contribution in [-0.4, -0.2) is 55.8 Å². The molecule has 6 aliphatic rings. The van der Waals surface area contributed by atoms with Gasteiger partial charge in [-0.1, -0.05) is 73.7 Å². The van der Waals surface area contributed by atoms with Crippen molar-refractivity contribution in [1.29, 1.82) is 0 Å². The van der Waals surface area contributed by atoms with Gasteiger partial charge in [-0.25, -0.2) is 9.59 Å². The molecule has 7 aromatic carbocycles. The molecule has 2 aliphatic carbocycles. The van der Waals surface area contributed by atoms with E-state index in [1.54, 1.807) is 66.8 Å². The zero-order chi connectivity index (χ0) is 68.7. The Bertz CT molecular complexity index is 4450. The van der Waals surface area contributed by atoms with Gasteiger partial charge in [-0.05, 0) is 97.1 Å². The monoisotopic (exact) mass is 1440 g/mol. The first-order valence-electron chi connectivity index (χ1n) is 26.8. The number of alkyl halides is 9. The van der Waals surface area contributed by atoms with Crippen molar-refractivity contribution in [3.8, 4) is 40.2 Å². The van der Waals surface area contributed by atoms with Crippen molar-refractivity contribution in [2.45, 2.75) is 49.4 Å². The molecule has 6 atom stereocenters. The molecule has 0 bridgehead atoms. The molecule has 0 saturated carbocycles. The first kappa shape index (κ1) is 77.1. The maximum absolute atomic E-state index is 13.3. The average Bonchev–Trinajstić information content (AvgIpc) is 1.62. The molecule has 4 aliphatic heterocycles. The number of hydrogen-bond acceptors (Lipinski definition) is 20. The summed E-state index contributed by atoms with van der Waals surface area (Å²) in [5.41, 5.74) is -5.20. The third kappa shape index (κ3) is 15.6. The van der Waals surface area contributed by atoms with Crippen LogP contribution in [0.25, 0.3) is 0 Å². The van der Waals surface area contributed by atoms with Crippen molar-refractivity contribution in [2.24, 2.45) is 11.8 Å². The third-order valence-electron chi connectivity index (χ3n) is 14.8. The second kappa shape index (κ2) is 30.5. The summed E-state index contributed by atoms with van der Waals surface area (Å²) in [4.78, 5) is 72.0. The van der Waals surface area contributed by atoms with E-state index in [-0.39, 0.29) is 158 Å². The van der Waals surface area contributed by atoms with Crippen LogP contribution in [0.5, 0.6) is 40.2 Å². The maximum Gasteiger partial charge on any atom is 1.00 e. The van der Waals surface area contributed by atoms with Gasteiger partial charge >= 0.3 is 145 Å². The molecule has 6 unspecified atom stereocenters. The number of rotatable bonds is 9.